The van der Waals surface area contributed by atoms with E-state index in [2.05, 4.69) is 32.3 Å². The van der Waals surface area contributed by atoms with E-state index < -0.39 is 0 Å². The Morgan fingerprint density at radius 2 is 2.38 bits per heavy atom. The lowest BCUT2D eigenvalue weighted by Crippen LogP contribution is -2.24. The minimum Gasteiger partial charge on any atom is -0.395 e. The minimum atomic E-state index is -0.304. The first-order valence-corrected chi connectivity index (χ1v) is 6.32. The van der Waals surface area contributed by atoms with Gasteiger partial charge in [-0.2, -0.15) is 4.98 Å². The molecule has 0 bridgehead atoms. The average Bonchev–Trinajstić information content (AvgIpc) is 2.91. The molecule has 0 radical (unpaired) electrons. The summed E-state index contributed by atoms with van der Waals surface area (Å²) in [5, 5.41) is 15.0. The van der Waals surface area contributed by atoms with Crippen LogP contribution in [0.4, 0.5) is 0 Å². The Morgan fingerprint density at radius 1 is 1.52 bits per heavy atom. The predicted octanol–water partition coefficient (Wildman–Crippen LogP) is 0.437. The van der Waals surface area contributed by atoms with E-state index in [4.69, 9.17) is 9.63 Å². The molecule has 21 heavy (non-hydrogen) atoms. The molecular formula is C14H14N4O3. The molecule has 0 aliphatic heterocycles. The Labute approximate surface area is 121 Å². The first-order chi connectivity index (χ1) is 10.2. The van der Waals surface area contributed by atoms with Crippen LogP contribution in [0.2, 0.25) is 0 Å². The number of rotatable bonds is 4. The molecule has 2 N–H and O–H groups in total. The van der Waals surface area contributed by atoms with Crippen LogP contribution in [-0.4, -0.2) is 32.7 Å². The molecule has 108 valence electrons. The van der Waals surface area contributed by atoms with Crippen LogP contribution in [0.3, 0.4) is 0 Å². The molecule has 0 atom stereocenters. The van der Waals surface area contributed by atoms with Crippen LogP contribution in [0.5, 0.6) is 0 Å². The number of carbonyl (C=O) groups excluding carboxylic acids is 1. The third-order valence-corrected chi connectivity index (χ3v) is 2.50. The first kappa shape index (κ1) is 14.7. The molecule has 2 aromatic rings. The first-order valence-electron chi connectivity index (χ1n) is 6.32. The van der Waals surface area contributed by atoms with E-state index >= 15 is 0 Å². The lowest BCUT2D eigenvalue weighted by molar-refractivity contribution is 0.0946. The van der Waals surface area contributed by atoms with Gasteiger partial charge in [0.05, 0.1) is 24.3 Å². The highest BCUT2D eigenvalue weighted by Crippen LogP contribution is 2.06. The Kier molecular flexibility index (Phi) is 5.01. The molecule has 7 nitrogen and oxygen atoms in total. The second-order valence-corrected chi connectivity index (χ2v) is 4.11. The van der Waals surface area contributed by atoms with E-state index in [-0.39, 0.29) is 19.1 Å². The largest absolute Gasteiger partial charge is 0.395 e. The van der Waals surface area contributed by atoms with Gasteiger partial charge in [-0.3, -0.25) is 9.78 Å². The van der Waals surface area contributed by atoms with Gasteiger partial charge in [-0.15, -0.1) is 0 Å². The van der Waals surface area contributed by atoms with Gasteiger partial charge in [0.2, 0.25) is 5.89 Å². The fourth-order valence-corrected chi connectivity index (χ4v) is 1.57. The summed E-state index contributed by atoms with van der Waals surface area (Å²) in [5.41, 5.74) is 0.914. The molecule has 0 aromatic carbocycles. The molecule has 2 rings (SSSR count). The zero-order valence-corrected chi connectivity index (χ0v) is 11.5. The SMILES string of the molecule is Cc1noc(CNC(=O)c2ccncc2C#CCCO)n1. The fourth-order valence-electron chi connectivity index (χ4n) is 1.57. The van der Waals surface area contributed by atoms with Crippen LogP contribution in [0, 0.1) is 18.8 Å². The third kappa shape index (κ3) is 4.12. The number of nitrogens with one attached hydrogen (secondary N) is 1. The standard InChI is InChI=1S/C14H14N4O3/c1-10-17-13(21-18-10)9-16-14(20)12-5-6-15-8-11(12)4-2-3-7-19/h5-6,8,19H,3,7,9H2,1H3,(H,16,20). The average molecular weight is 286 g/mol. The van der Waals surface area contributed by atoms with E-state index in [1.807, 2.05) is 0 Å². The predicted molar refractivity (Wildman–Crippen MR) is 73.0 cm³/mol. The zero-order chi connectivity index (χ0) is 15.1. The summed E-state index contributed by atoms with van der Waals surface area (Å²) in [6.07, 6.45) is 3.37. The van der Waals surface area contributed by atoms with Gasteiger partial charge in [-0.25, -0.2) is 0 Å². The lowest BCUT2D eigenvalue weighted by atomic mass is 10.1. The van der Waals surface area contributed by atoms with Crippen LogP contribution in [-0.2, 0) is 6.54 Å². The number of aliphatic hydroxyl groups is 1. The maximum atomic E-state index is 12.1. The third-order valence-electron chi connectivity index (χ3n) is 2.50. The summed E-state index contributed by atoms with van der Waals surface area (Å²) >= 11 is 0. The van der Waals surface area contributed by atoms with Gasteiger partial charge in [-0.1, -0.05) is 17.0 Å². The number of pyridine rings is 1. The molecule has 0 unspecified atom stereocenters. The van der Waals surface area contributed by atoms with Crippen LogP contribution < -0.4 is 5.32 Å². The van der Waals surface area contributed by atoms with Crippen molar-refractivity contribution in [1.82, 2.24) is 20.4 Å². The highest BCUT2D eigenvalue weighted by Gasteiger charge is 2.11. The molecule has 0 fully saturated rings. The molecule has 7 heteroatoms. The van der Waals surface area contributed by atoms with E-state index in [0.717, 1.165) is 0 Å². The minimum absolute atomic E-state index is 0.0225. The normalized spacial score (nSPS) is 9.81. The highest BCUT2D eigenvalue weighted by molar-refractivity contribution is 5.96. The molecule has 2 aromatic heterocycles. The Balaban J connectivity index is 2.07. The highest BCUT2D eigenvalue weighted by atomic mass is 16.5. The van der Waals surface area contributed by atoms with Gasteiger partial charge < -0.3 is 14.9 Å². The number of amides is 1. The number of aliphatic hydroxyl groups excluding tert-OH is 1. The van der Waals surface area contributed by atoms with Crippen molar-refractivity contribution in [1.29, 1.82) is 0 Å². The molecule has 1 amide bonds. The smallest absolute Gasteiger partial charge is 0.253 e. The van der Waals surface area contributed by atoms with Gasteiger partial charge in [0.15, 0.2) is 5.82 Å². The van der Waals surface area contributed by atoms with Crippen molar-refractivity contribution in [2.24, 2.45) is 0 Å². The van der Waals surface area contributed by atoms with Crippen molar-refractivity contribution in [2.45, 2.75) is 19.9 Å². The summed E-state index contributed by atoms with van der Waals surface area (Å²) in [6, 6.07) is 1.58. The van der Waals surface area contributed by atoms with Gasteiger partial charge in [0.25, 0.3) is 5.91 Å². The van der Waals surface area contributed by atoms with E-state index in [1.54, 1.807) is 13.0 Å². The number of aryl methyl sites for hydroxylation is 1. The van der Waals surface area contributed by atoms with Crippen molar-refractivity contribution < 1.29 is 14.4 Å². The fraction of sp³-hybridized carbons (Fsp3) is 0.286. The number of hydrogen-bond acceptors (Lipinski definition) is 6. The lowest BCUT2D eigenvalue weighted by Gasteiger charge is -2.04. The second kappa shape index (κ2) is 7.17. The summed E-state index contributed by atoms with van der Waals surface area (Å²) < 4.78 is 4.92. The number of hydrogen-bond donors (Lipinski definition) is 2. The molecule has 2 heterocycles. The molecule has 0 saturated heterocycles. The maximum absolute atomic E-state index is 12.1. The van der Waals surface area contributed by atoms with Gasteiger partial charge in [-0.05, 0) is 13.0 Å². The summed E-state index contributed by atoms with van der Waals surface area (Å²) in [4.78, 5) is 20.1. The van der Waals surface area contributed by atoms with Crippen LogP contribution in [0.1, 0.15) is 34.1 Å². The number of nitrogens with zero attached hydrogens (tertiary/aromatic N) is 3. The zero-order valence-electron chi connectivity index (χ0n) is 11.5. The molecule has 0 saturated carbocycles. The molecular weight excluding hydrogens is 272 g/mol. The van der Waals surface area contributed by atoms with Gasteiger partial charge in [0, 0.05) is 18.8 Å². The van der Waals surface area contributed by atoms with Crippen molar-refractivity contribution in [3.05, 3.63) is 41.3 Å². The van der Waals surface area contributed by atoms with Gasteiger partial charge >= 0.3 is 0 Å². The Bertz CT molecular complexity index is 685. The van der Waals surface area contributed by atoms with E-state index in [0.29, 0.717) is 29.3 Å². The number of aromatic nitrogens is 3. The second-order valence-electron chi connectivity index (χ2n) is 4.11. The molecule has 0 aliphatic rings. The van der Waals surface area contributed by atoms with Crippen LogP contribution in [0.25, 0.3) is 0 Å². The van der Waals surface area contributed by atoms with Crippen molar-refractivity contribution in [3.8, 4) is 11.8 Å². The molecule has 0 spiro atoms. The monoisotopic (exact) mass is 286 g/mol. The van der Waals surface area contributed by atoms with Crippen LogP contribution in [0.15, 0.2) is 23.0 Å². The van der Waals surface area contributed by atoms with Crippen molar-refractivity contribution in [2.75, 3.05) is 6.61 Å². The summed E-state index contributed by atoms with van der Waals surface area (Å²) in [5.74, 6) is 6.12. The Morgan fingerprint density at radius 3 is 3.10 bits per heavy atom. The quantitative estimate of drug-likeness (QED) is 0.791. The Hall–Kier alpha value is -2.72. The maximum Gasteiger partial charge on any atom is 0.253 e. The summed E-state index contributed by atoms with van der Waals surface area (Å²) in [7, 11) is 0. The molecule has 0 aliphatic carbocycles. The van der Waals surface area contributed by atoms with Crippen LogP contribution >= 0.6 is 0 Å². The summed E-state index contributed by atoms with van der Waals surface area (Å²) in [6.45, 7) is 1.82. The van der Waals surface area contributed by atoms with Gasteiger partial charge in [0.1, 0.15) is 0 Å². The topological polar surface area (TPSA) is 101 Å². The van der Waals surface area contributed by atoms with E-state index in [9.17, 15) is 4.79 Å². The van der Waals surface area contributed by atoms with E-state index in [1.165, 1.54) is 12.4 Å². The number of carbonyl (C=O) groups is 1. The van der Waals surface area contributed by atoms with Crippen molar-refractivity contribution >= 4 is 5.91 Å². The van der Waals surface area contributed by atoms with Crippen molar-refractivity contribution in [3.63, 3.8) is 0 Å².